The Kier molecular flexibility index (Phi) is 4.06. The van der Waals surface area contributed by atoms with Crippen LogP contribution in [0, 0.1) is 0 Å². The molecule has 0 heterocycles. The summed E-state index contributed by atoms with van der Waals surface area (Å²) in [6.45, 7) is 2.08. The Morgan fingerprint density at radius 3 is 2.45 bits per heavy atom. The quantitative estimate of drug-likeness (QED) is 0.593. The molecule has 0 aromatic carbocycles. The third-order valence-corrected chi connectivity index (χ3v) is 2.16. The first-order chi connectivity index (χ1) is 4.98. The monoisotopic (exact) mass is 181 g/mol. The van der Waals surface area contributed by atoms with E-state index in [0.29, 0.717) is 6.42 Å². The van der Waals surface area contributed by atoms with Crippen LogP contribution < -0.4 is 4.72 Å². The van der Waals surface area contributed by atoms with E-state index >= 15 is 0 Å². The van der Waals surface area contributed by atoms with E-state index in [2.05, 4.69) is 4.72 Å². The second-order valence-corrected chi connectivity index (χ2v) is 3.85. The first-order valence-corrected chi connectivity index (χ1v) is 4.82. The van der Waals surface area contributed by atoms with Gasteiger partial charge in [0.15, 0.2) is 5.75 Å². The first-order valence-electron chi connectivity index (χ1n) is 3.17. The summed E-state index contributed by atoms with van der Waals surface area (Å²) in [4.78, 5) is 9.96. The highest BCUT2D eigenvalue weighted by Crippen LogP contribution is 1.84. The molecular formula is C5H11NO4S. The number of rotatable bonds is 5. The molecule has 0 saturated heterocycles. The summed E-state index contributed by atoms with van der Waals surface area (Å²) >= 11 is 0. The van der Waals surface area contributed by atoms with E-state index < -0.39 is 21.7 Å². The Labute approximate surface area is 65.5 Å². The fourth-order valence-electron chi connectivity index (χ4n) is 0.471. The van der Waals surface area contributed by atoms with Crippen LogP contribution in [0.4, 0.5) is 0 Å². The number of nitrogens with one attached hydrogen (secondary N) is 1. The molecule has 66 valence electrons. The van der Waals surface area contributed by atoms with Crippen LogP contribution in [-0.4, -0.2) is 31.8 Å². The van der Waals surface area contributed by atoms with Gasteiger partial charge < -0.3 is 5.11 Å². The van der Waals surface area contributed by atoms with Gasteiger partial charge in [-0.05, 0) is 6.42 Å². The molecule has 0 aromatic heterocycles. The lowest BCUT2D eigenvalue weighted by Gasteiger charge is -2.00. The molecule has 0 bridgehead atoms. The summed E-state index contributed by atoms with van der Waals surface area (Å²) in [5.41, 5.74) is 0. The summed E-state index contributed by atoms with van der Waals surface area (Å²) in [5.74, 6) is -2.19. The molecular weight excluding hydrogens is 170 g/mol. The van der Waals surface area contributed by atoms with Gasteiger partial charge in [0.05, 0.1) is 0 Å². The molecule has 0 saturated carbocycles. The fraction of sp³-hybridized carbons (Fsp3) is 0.800. The minimum atomic E-state index is -3.59. The van der Waals surface area contributed by atoms with Crippen molar-refractivity contribution >= 4 is 16.0 Å². The fourth-order valence-corrected chi connectivity index (χ4v) is 1.41. The Bertz CT molecular complexity index is 221. The van der Waals surface area contributed by atoms with Crippen molar-refractivity contribution in [3.63, 3.8) is 0 Å². The standard InChI is InChI=1S/C5H11NO4S/c1-2-3-6-11(9,10)4-5(7)8/h6H,2-4H2,1H3,(H,7,8). The summed E-state index contributed by atoms with van der Waals surface area (Å²) in [6, 6.07) is 0. The van der Waals surface area contributed by atoms with Crippen LogP contribution in [0.1, 0.15) is 13.3 Å². The smallest absolute Gasteiger partial charge is 0.320 e. The minimum absolute atomic E-state index is 0.287. The van der Waals surface area contributed by atoms with Gasteiger partial charge in [-0.2, -0.15) is 0 Å². The molecule has 0 rings (SSSR count). The highest BCUT2D eigenvalue weighted by atomic mass is 32.2. The largest absolute Gasteiger partial charge is 0.480 e. The van der Waals surface area contributed by atoms with Gasteiger partial charge in [0.1, 0.15) is 0 Å². The average Bonchev–Trinajstić information content (AvgIpc) is 1.81. The third kappa shape index (κ3) is 5.81. The van der Waals surface area contributed by atoms with Crippen molar-refractivity contribution in [1.82, 2.24) is 4.72 Å². The molecule has 0 radical (unpaired) electrons. The van der Waals surface area contributed by atoms with E-state index in [9.17, 15) is 13.2 Å². The molecule has 0 aliphatic carbocycles. The molecule has 0 amide bonds. The van der Waals surface area contributed by atoms with Crippen LogP contribution in [0.3, 0.4) is 0 Å². The van der Waals surface area contributed by atoms with Crippen LogP contribution >= 0.6 is 0 Å². The molecule has 0 aliphatic heterocycles. The zero-order valence-corrected chi connectivity index (χ0v) is 7.02. The maximum atomic E-state index is 10.7. The van der Waals surface area contributed by atoms with Gasteiger partial charge >= 0.3 is 5.97 Å². The van der Waals surface area contributed by atoms with E-state index in [1.807, 2.05) is 0 Å². The van der Waals surface area contributed by atoms with Crippen molar-refractivity contribution < 1.29 is 18.3 Å². The first kappa shape index (κ1) is 10.4. The number of aliphatic carboxylic acids is 1. The summed E-state index contributed by atoms with van der Waals surface area (Å²) in [7, 11) is -3.59. The third-order valence-electron chi connectivity index (χ3n) is 0.885. The number of hydrogen-bond acceptors (Lipinski definition) is 3. The number of carboxylic acid groups (broad SMARTS) is 1. The van der Waals surface area contributed by atoms with Crippen molar-refractivity contribution in [2.75, 3.05) is 12.3 Å². The number of sulfonamides is 1. The highest BCUT2D eigenvalue weighted by Gasteiger charge is 2.13. The second kappa shape index (κ2) is 4.30. The Morgan fingerprint density at radius 1 is 1.55 bits per heavy atom. The van der Waals surface area contributed by atoms with E-state index in [0.717, 1.165) is 0 Å². The van der Waals surface area contributed by atoms with Crippen LogP contribution in [0.2, 0.25) is 0 Å². The summed E-state index contributed by atoms with van der Waals surface area (Å²) in [6.07, 6.45) is 0.652. The normalized spacial score (nSPS) is 11.4. The molecule has 0 aliphatic rings. The van der Waals surface area contributed by atoms with Crippen LogP contribution in [0.25, 0.3) is 0 Å². The lowest BCUT2D eigenvalue weighted by molar-refractivity contribution is -0.134. The van der Waals surface area contributed by atoms with Gasteiger partial charge in [0.2, 0.25) is 10.0 Å². The van der Waals surface area contributed by atoms with Crippen LogP contribution in [-0.2, 0) is 14.8 Å². The van der Waals surface area contributed by atoms with Crippen molar-refractivity contribution in [3.05, 3.63) is 0 Å². The maximum absolute atomic E-state index is 10.7. The van der Waals surface area contributed by atoms with Gasteiger partial charge in [-0.15, -0.1) is 0 Å². The average molecular weight is 181 g/mol. The second-order valence-electron chi connectivity index (χ2n) is 2.05. The number of hydrogen-bond donors (Lipinski definition) is 2. The maximum Gasteiger partial charge on any atom is 0.320 e. The zero-order valence-electron chi connectivity index (χ0n) is 6.20. The number of carboxylic acids is 1. The Morgan fingerprint density at radius 2 is 2.09 bits per heavy atom. The predicted octanol–water partition coefficient (Wildman–Crippen LogP) is -0.600. The van der Waals surface area contributed by atoms with Gasteiger partial charge in [-0.25, -0.2) is 13.1 Å². The Balaban J connectivity index is 3.92. The van der Waals surface area contributed by atoms with Crippen molar-refractivity contribution in [2.24, 2.45) is 0 Å². The highest BCUT2D eigenvalue weighted by molar-refractivity contribution is 7.90. The molecule has 0 spiro atoms. The number of carbonyl (C=O) groups is 1. The SMILES string of the molecule is CCCNS(=O)(=O)CC(=O)O. The Hall–Kier alpha value is -0.620. The zero-order chi connectivity index (χ0) is 8.91. The van der Waals surface area contributed by atoms with Crippen LogP contribution in [0.5, 0.6) is 0 Å². The molecule has 6 heteroatoms. The lowest BCUT2D eigenvalue weighted by Crippen LogP contribution is -2.30. The van der Waals surface area contributed by atoms with E-state index in [-0.39, 0.29) is 6.54 Å². The van der Waals surface area contributed by atoms with Gasteiger partial charge in [0, 0.05) is 6.54 Å². The van der Waals surface area contributed by atoms with E-state index in [1.54, 1.807) is 6.92 Å². The molecule has 0 unspecified atom stereocenters. The van der Waals surface area contributed by atoms with Crippen molar-refractivity contribution in [3.8, 4) is 0 Å². The molecule has 0 aromatic rings. The molecule has 5 nitrogen and oxygen atoms in total. The van der Waals surface area contributed by atoms with Gasteiger partial charge in [-0.1, -0.05) is 6.92 Å². The predicted molar refractivity (Wildman–Crippen MR) is 39.7 cm³/mol. The van der Waals surface area contributed by atoms with E-state index in [4.69, 9.17) is 5.11 Å². The van der Waals surface area contributed by atoms with Gasteiger partial charge in [-0.3, -0.25) is 4.79 Å². The molecule has 11 heavy (non-hydrogen) atoms. The lowest BCUT2D eigenvalue weighted by atomic mass is 10.5. The van der Waals surface area contributed by atoms with Crippen molar-refractivity contribution in [2.45, 2.75) is 13.3 Å². The van der Waals surface area contributed by atoms with E-state index in [1.165, 1.54) is 0 Å². The summed E-state index contributed by atoms with van der Waals surface area (Å²) in [5, 5.41) is 8.13. The molecule has 0 atom stereocenters. The molecule has 2 N–H and O–H groups in total. The van der Waals surface area contributed by atoms with Gasteiger partial charge in [0.25, 0.3) is 0 Å². The topological polar surface area (TPSA) is 83.5 Å². The van der Waals surface area contributed by atoms with Crippen molar-refractivity contribution in [1.29, 1.82) is 0 Å². The summed E-state index contributed by atoms with van der Waals surface area (Å²) < 4.78 is 23.5. The molecule has 0 fully saturated rings. The minimum Gasteiger partial charge on any atom is -0.480 e. The van der Waals surface area contributed by atoms with Crippen LogP contribution in [0.15, 0.2) is 0 Å².